The Morgan fingerprint density at radius 3 is 2.60 bits per heavy atom. The van der Waals surface area contributed by atoms with Crippen LogP contribution in [-0.2, 0) is 38.7 Å². The zero-order valence-corrected chi connectivity index (χ0v) is 23.6. The van der Waals surface area contributed by atoms with Gasteiger partial charge in [-0.15, -0.1) is 0 Å². The highest BCUT2D eigenvalue weighted by Crippen LogP contribution is 2.25. The molecule has 2 aromatic heterocycles. The van der Waals surface area contributed by atoms with Gasteiger partial charge in [-0.25, -0.2) is 23.2 Å². The number of aryl methyl sites for hydroxylation is 1. The van der Waals surface area contributed by atoms with Gasteiger partial charge >= 0.3 is 6.03 Å². The molecule has 0 aliphatic carbocycles. The van der Waals surface area contributed by atoms with Crippen molar-refractivity contribution in [2.75, 3.05) is 42.3 Å². The third-order valence-corrected chi connectivity index (χ3v) is 7.76. The summed E-state index contributed by atoms with van der Waals surface area (Å²) in [6, 6.07) is 8.40. The van der Waals surface area contributed by atoms with Crippen LogP contribution in [0.1, 0.15) is 25.1 Å². The molecule has 4 rings (SSSR count). The Balaban J connectivity index is 1.51. The molecule has 1 aliphatic rings. The van der Waals surface area contributed by atoms with Gasteiger partial charge in [0, 0.05) is 62.7 Å². The highest BCUT2D eigenvalue weighted by atomic mass is 32.2. The van der Waals surface area contributed by atoms with Gasteiger partial charge in [-0.3, -0.25) is 9.48 Å². The number of amides is 3. The summed E-state index contributed by atoms with van der Waals surface area (Å²) in [5.74, 6) is 0.218. The van der Waals surface area contributed by atoms with Crippen molar-refractivity contribution in [2.24, 2.45) is 7.05 Å². The third kappa shape index (κ3) is 8.23. The van der Waals surface area contributed by atoms with Gasteiger partial charge in [0.1, 0.15) is 5.82 Å². The van der Waals surface area contributed by atoms with Crippen LogP contribution in [0, 0.1) is 0 Å². The average Bonchev–Trinajstić information content (AvgIpc) is 3.32. The lowest BCUT2D eigenvalue weighted by atomic mass is 10.2. The molecule has 1 aromatic carbocycles. The summed E-state index contributed by atoms with van der Waals surface area (Å²) >= 11 is 0. The van der Waals surface area contributed by atoms with Crippen LogP contribution >= 0.6 is 0 Å². The fourth-order valence-electron chi connectivity index (χ4n) is 4.20. The Bertz CT molecular complexity index is 1440. The number of nitrogens with one attached hydrogen (secondary N) is 3. The predicted molar refractivity (Wildman–Crippen MR) is 150 cm³/mol. The number of rotatable bonds is 10. The molecular weight excluding hydrogens is 536 g/mol. The molecule has 0 spiro atoms. The number of ether oxygens (including phenoxy) is 1. The summed E-state index contributed by atoms with van der Waals surface area (Å²) in [5.41, 5.74) is 2.48. The fraction of sp³-hybridized carbons (Fsp3) is 0.423. The second-order valence-corrected chi connectivity index (χ2v) is 11.8. The van der Waals surface area contributed by atoms with E-state index in [4.69, 9.17) is 9.72 Å². The first-order valence-electron chi connectivity index (χ1n) is 12.9. The number of aromatic nitrogens is 4. The molecule has 14 heteroatoms. The number of carbonyl (C=O) groups is 2. The number of carbonyl (C=O) groups excluding carboxylic acids is 2. The number of hydrogen-bond acceptors (Lipinski definition) is 9. The molecule has 0 bridgehead atoms. The Hall–Kier alpha value is -4.04. The largest absolute Gasteiger partial charge is 0.377 e. The normalized spacial score (nSPS) is 15.5. The summed E-state index contributed by atoms with van der Waals surface area (Å²) in [6.45, 7) is 5.43. The van der Waals surface area contributed by atoms with Crippen molar-refractivity contribution in [3.05, 3.63) is 54.0 Å². The summed E-state index contributed by atoms with van der Waals surface area (Å²) in [7, 11) is -1.73. The Kier molecular flexibility index (Phi) is 9.32. The lowest BCUT2D eigenvalue weighted by Crippen LogP contribution is -2.44. The van der Waals surface area contributed by atoms with Gasteiger partial charge in [0.15, 0.2) is 15.7 Å². The highest BCUT2D eigenvalue weighted by Gasteiger charge is 2.23. The molecule has 1 saturated heterocycles. The molecule has 1 fully saturated rings. The first-order chi connectivity index (χ1) is 19.1. The van der Waals surface area contributed by atoms with Crippen LogP contribution in [0.3, 0.4) is 0 Å². The second-order valence-electron chi connectivity index (χ2n) is 9.64. The van der Waals surface area contributed by atoms with Crippen LogP contribution in [0.4, 0.5) is 16.3 Å². The van der Waals surface area contributed by atoms with Crippen molar-refractivity contribution >= 4 is 33.3 Å². The van der Waals surface area contributed by atoms with E-state index in [9.17, 15) is 18.0 Å². The van der Waals surface area contributed by atoms with Crippen molar-refractivity contribution in [3.8, 4) is 11.4 Å². The van der Waals surface area contributed by atoms with Crippen LogP contribution in [0.15, 0.2) is 42.7 Å². The maximum absolute atomic E-state index is 12.8. The highest BCUT2D eigenvalue weighted by molar-refractivity contribution is 7.90. The molecule has 1 atom stereocenters. The molecule has 0 radical (unpaired) electrons. The van der Waals surface area contributed by atoms with E-state index in [2.05, 4.69) is 30.9 Å². The number of anilines is 2. The van der Waals surface area contributed by atoms with Crippen molar-refractivity contribution in [1.82, 2.24) is 30.4 Å². The van der Waals surface area contributed by atoms with Gasteiger partial charge in [0.2, 0.25) is 5.91 Å². The van der Waals surface area contributed by atoms with E-state index < -0.39 is 9.84 Å². The maximum Gasteiger partial charge on any atom is 0.319 e. The number of sulfone groups is 1. The van der Waals surface area contributed by atoms with E-state index in [1.807, 2.05) is 20.2 Å². The number of hydrogen-bond donors (Lipinski definition) is 3. The van der Waals surface area contributed by atoms with Crippen LogP contribution in [0.2, 0.25) is 0 Å². The molecule has 1 aliphatic heterocycles. The molecule has 3 N–H and O–H groups in total. The zero-order valence-electron chi connectivity index (χ0n) is 22.8. The van der Waals surface area contributed by atoms with E-state index in [0.717, 1.165) is 5.56 Å². The summed E-state index contributed by atoms with van der Waals surface area (Å²) < 4.78 is 32.8. The molecule has 3 amide bonds. The molecule has 214 valence electrons. The first kappa shape index (κ1) is 29.0. The summed E-state index contributed by atoms with van der Waals surface area (Å²) in [5, 5.41) is 12.2. The van der Waals surface area contributed by atoms with Crippen LogP contribution in [0.25, 0.3) is 11.4 Å². The molecule has 3 aromatic rings. The SMILES string of the molecule is CC(=O)NCCS(=O)(=O)Cc1cc(N2CCOC[C@@H]2C)nc(-c2ccc(NC(=O)NCc3cnn(C)c3)cc2)n1. The number of morpholine rings is 1. The minimum Gasteiger partial charge on any atom is -0.377 e. The van der Waals surface area contributed by atoms with Crippen LogP contribution in [-0.4, -0.2) is 78.2 Å². The van der Waals surface area contributed by atoms with Crippen LogP contribution in [0.5, 0.6) is 0 Å². The number of urea groups is 1. The number of benzene rings is 1. The quantitative estimate of drug-likeness (QED) is 0.328. The molecule has 40 heavy (non-hydrogen) atoms. The fourth-order valence-corrected chi connectivity index (χ4v) is 5.36. The van der Waals surface area contributed by atoms with E-state index in [1.165, 1.54) is 6.92 Å². The van der Waals surface area contributed by atoms with Crippen molar-refractivity contribution < 1.29 is 22.7 Å². The summed E-state index contributed by atoms with van der Waals surface area (Å²) in [6.07, 6.45) is 3.51. The third-order valence-electron chi connectivity index (χ3n) is 6.19. The first-order valence-corrected chi connectivity index (χ1v) is 14.7. The van der Waals surface area contributed by atoms with E-state index in [-0.39, 0.29) is 36.0 Å². The van der Waals surface area contributed by atoms with E-state index in [0.29, 0.717) is 54.9 Å². The minimum absolute atomic E-state index is 0.0350. The second kappa shape index (κ2) is 12.9. The lowest BCUT2D eigenvalue weighted by Gasteiger charge is -2.34. The predicted octanol–water partition coefficient (Wildman–Crippen LogP) is 1.47. The standard InChI is InChI=1S/C26H34N8O5S/c1-18-16-39-10-9-34(18)24-12-23(17-40(37,38)11-8-27-19(2)35)30-25(32-24)21-4-6-22(7-5-21)31-26(36)28-13-20-14-29-33(3)15-20/h4-7,12,14-15,18H,8-11,13,16-17H2,1-3H3,(H,27,35)(H2,28,31,36)/t18-/m0/s1. The molecule has 13 nitrogen and oxygen atoms in total. The van der Waals surface area contributed by atoms with Crippen molar-refractivity contribution in [2.45, 2.75) is 32.2 Å². The summed E-state index contributed by atoms with van der Waals surface area (Å²) in [4.78, 5) is 34.8. The number of nitrogens with zero attached hydrogens (tertiary/aromatic N) is 5. The van der Waals surface area contributed by atoms with E-state index >= 15 is 0 Å². The zero-order chi connectivity index (χ0) is 28.7. The van der Waals surface area contributed by atoms with Gasteiger partial charge in [-0.2, -0.15) is 5.10 Å². The van der Waals surface area contributed by atoms with Gasteiger partial charge in [0.25, 0.3) is 0 Å². The van der Waals surface area contributed by atoms with Gasteiger partial charge < -0.3 is 25.6 Å². The van der Waals surface area contributed by atoms with Crippen molar-refractivity contribution in [3.63, 3.8) is 0 Å². The van der Waals surface area contributed by atoms with E-state index in [1.54, 1.807) is 41.2 Å². The smallest absolute Gasteiger partial charge is 0.319 e. The molecule has 0 unspecified atom stereocenters. The topological polar surface area (TPSA) is 160 Å². The maximum atomic E-state index is 12.8. The molecular formula is C26H34N8O5S. The molecule has 3 heterocycles. The molecule has 0 saturated carbocycles. The monoisotopic (exact) mass is 570 g/mol. The van der Waals surface area contributed by atoms with Crippen molar-refractivity contribution in [1.29, 1.82) is 0 Å². The Morgan fingerprint density at radius 2 is 1.93 bits per heavy atom. The average molecular weight is 571 g/mol. The Labute approximate surface area is 233 Å². The Morgan fingerprint density at radius 1 is 1.15 bits per heavy atom. The van der Waals surface area contributed by atoms with Gasteiger partial charge in [-0.1, -0.05) is 0 Å². The lowest BCUT2D eigenvalue weighted by molar-refractivity contribution is -0.118. The van der Waals surface area contributed by atoms with Crippen LogP contribution < -0.4 is 20.9 Å². The van der Waals surface area contributed by atoms with Gasteiger partial charge in [-0.05, 0) is 31.2 Å². The minimum atomic E-state index is -3.54. The van der Waals surface area contributed by atoms with Gasteiger partial charge in [0.05, 0.1) is 42.7 Å².